The van der Waals surface area contributed by atoms with Crippen molar-refractivity contribution in [3.63, 3.8) is 0 Å². The Hall–Kier alpha value is -1.57. The van der Waals surface area contributed by atoms with E-state index in [9.17, 15) is 4.79 Å². The van der Waals surface area contributed by atoms with Crippen LogP contribution in [0.5, 0.6) is 11.5 Å². The van der Waals surface area contributed by atoms with E-state index in [0.717, 1.165) is 29.5 Å². The van der Waals surface area contributed by atoms with Gasteiger partial charge in [0.15, 0.2) is 10.4 Å². The molecule has 1 saturated heterocycles. The first-order valence-corrected chi connectivity index (χ1v) is 8.08. The second-order valence-corrected chi connectivity index (χ2v) is 6.00. The maximum atomic E-state index is 11.8. The number of fused-ring (bicyclic) bond motifs is 1. The summed E-state index contributed by atoms with van der Waals surface area (Å²) in [7, 11) is 3.01. The number of hydroxylamine groups is 2. The third-order valence-corrected chi connectivity index (χ3v) is 4.40. The number of esters is 1. The summed E-state index contributed by atoms with van der Waals surface area (Å²) in [5, 5.41) is 2.55. The van der Waals surface area contributed by atoms with Crippen molar-refractivity contribution >= 4 is 45.2 Å². The van der Waals surface area contributed by atoms with Gasteiger partial charge in [0, 0.05) is 11.9 Å². The number of carbonyl (C=O) groups is 1. The van der Waals surface area contributed by atoms with Gasteiger partial charge in [0.05, 0.1) is 19.7 Å². The summed E-state index contributed by atoms with van der Waals surface area (Å²) < 4.78 is 10.7. The maximum Gasteiger partial charge on any atom is 0.326 e. The Bertz CT molecular complexity index is 743. The first-order chi connectivity index (χ1) is 11.1. The molecule has 8 heteroatoms. The van der Waals surface area contributed by atoms with Crippen molar-refractivity contribution in [1.82, 2.24) is 10.0 Å². The molecule has 0 aliphatic carbocycles. The summed E-state index contributed by atoms with van der Waals surface area (Å²) in [5.74, 6) is 1.02. The highest BCUT2D eigenvalue weighted by molar-refractivity contribution is 9.10. The number of hydrogen-bond donors (Lipinski definition) is 0. The van der Waals surface area contributed by atoms with Gasteiger partial charge in [0.25, 0.3) is 0 Å². The summed E-state index contributed by atoms with van der Waals surface area (Å²) in [5.41, 5.74) is 0.830. The van der Waals surface area contributed by atoms with Gasteiger partial charge in [0.2, 0.25) is 0 Å². The molecule has 24 heavy (non-hydrogen) atoms. The van der Waals surface area contributed by atoms with Crippen LogP contribution in [-0.2, 0) is 9.53 Å². The topological polar surface area (TPSA) is 60.9 Å². The standard InChI is InChI=1S/C16H17BrN2O4.ClH/c1-21-11-5-6-12-10(8-11)9-14(15(17)18-12)23-19-7-3-4-13(19)16(20)22-2;/h5-6,8-9,13H,3-4,7H2,1-2H3;1H. The van der Waals surface area contributed by atoms with E-state index in [1.54, 1.807) is 12.2 Å². The molecule has 0 bridgehead atoms. The van der Waals surface area contributed by atoms with Crippen LogP contribution in [0.1, 0.15) is 12.8 Å². The molecule has 1 aromatic carbocycles. The first-order valence-electron chi connectivity index (χ1n) is 7.29. The van der Waals surface area contributed by atoms with E-state index in [-0.39, 0.29) is 24.4 Å². The summed E-state index contributed by atoms with van der Waals surface area (Å²) in [6.45, 7) is 0.669. The summed E-state index contributed by atoms with van der Waals surface area (Å²) in [6, 6.07) is 7.13. The highest BCUT2D eigenvalue weighted by Gasteiger charge is 2.34. The van der Waals surface area contributed by atoms with Crippen LogP contribution < -0.4 is 9.57 Å². The number of carbonyl (C=O) groups excluding carboxylic acids is 1. The molecule has 1 unspecified atom stereocenters. The van der Waals surface area contributed by atoms with E-state index in [1.165, 1.54) is 7.11 Å². The number of pyridine rings is 1. The zero-order chi connectivity index (χ0) is 16.4. The molecule has 0 saturated carbocycles. The van der Waals surface area contributed by atoms with Crippen LogP contribution in [-0.4, -0.2) is 42.8 Å². The van der Waals surface area contributed by atoms with Gasteiger partial charge in [0.1, 0.15) is 11.8 Å². The highest BCUT2D eigenvalue weighted by Crippen LogP contribution is 2.31. The molecule has 1 atom stereocenters. The van der Waals surface area contributed by atoms with Gasteiger partial charge in [-0.2, -0.15) is 0 Å². The summed E-state index contributed by atoms with van der Waals surface area (Å²) in [6.07, 6.45) is 1.60. The molecule has 1 fully saturated rings. The maximum absolute atomic E-state index is 11.8. The average molecular weight is 418 g/mol. The van der Waals surface area contributed by atoms with Crippen LogP contribution >= 0.6 is 28.3 Å². The highest BCUT2D eigenvalue weighted by atomic mass is 79.9. The van der Waals surface area contributed by atoms with Gasteiger partial charge in [-0.1, -0.05) is 0 Å². The van der Waals surface area contributed by atoms with E-state index >= 15 is 0 Å². The van der Waals surface area contributed by atoms with Crippen molar-refractivity contribution in [2.24, 2.45) is 0 Å². The molecule has 1 aliphatic rings. The Morgan fingerprint density at radius 1 is 1.33 bits per heavy atom. The number of aromatic nitrogens is 1. The molecule has 6 nitrogen and oxygen atoms in total. The molecular formula is C16H18BrClN2O4. The normalized spacial score (nSPS) is 17.4. The monoisotopic (exact) mass is 416 g/mol. The molecule has 0 radical (unpaired) electrons. The molecule has 0 amide bonds. The fraction of sp³-hybridized carbons (Fsp3) is 0.375. The van der Waals surface area contributed by atoms with Crippen molar-refractivity contribution in [3.05, 3.63) is 28.9 Å². The average Bonchev–Trinajstić information content (AvgIpc) is 3.02. The van der Waals surface area contributed by atoms with Crippen LogP contribution in [0.3, 0.4) is 0 Å². The Morgan fingerprint density at radius 2 is 2.12 bits per heavy atom. The minimum atomic E-state index is -0.382. The van der Waals surface area contributed by atoms with Gasteiger partial charge >= 0.3 is 5.97 Å². The van der Waals surface area contributed by atoms with Crippen LogP contribution in [0.2, 0.25) is 0 Å². The van der Waals surface area contributed by atoms with Crippen molar-refractivity contribution in [2.75, 3.05) is 20.8 Å². The second kappa shape index (κ2) is 8.00. The van der Waals surface area contributed by atoms with E-state index < -0.39 is 0 Å². The molecule has 3 rings (SSSR count). The van der Waals surface area contributed by atoms with Gasteiger partial charge in [-0.05, 0) is 53.0 Å². The summed E-state index contributed by atoms with van der Waals surface area (Å²) >= 11 is 3.42. The summed E-state index contributed by atoms with van der Waals surface area (Å²) in [4.78, 5) is 22.2. The molecule has 1 aliphatic heterocycles. The second-order valence-electron chi connectivity index (χ2n) is 5.25. The van der Waals surface area contributed by atoms with E-state index in [0.29, 0.717) is 16.9 Å². The Kier molecular flexibility index (Phi) is 6.26. The zero-order valence-corrected chi connectivity index (χ0v) is 15.7. The smallest absolute Gasteiger partial charge is 0.326 e. The van der Waals surface area contributed by atoms with Crippen LogP contribution in [0.4, 0.5) is 0 Å². The van der Waals surface area contributed by atoms with Crippen molar-refractivity contribution in [3.8, 4) is 11.5 Å². The quantitative estimate of drug-likeness (QED) is 0.561. The molecule has 1 aromatic heterocycles. The van der Waals surface area contributed by atoms with Crippen molar-refractivity contribution < 1.29 is 19.1 Å². The number of methoxy groups -OCH3 is 2. The van der Waals surface area contributed by atoms with Gasteiger partial charge in [-0.15, -0.1) is 17.5 Å². The minimum Gasteiger partial charge on any atom is -0.497 e. The van der Waals surface area contributed by atoms with Crippen molar-refractivity contribution in [1.29, 1.82) is 0 Å². The third-order valence-electron chi connectivity index (χ3n) is 3.84. The lowest BCUT2D eigenvalue weighted by Crippen LogP contribution is -2.39. The van der Waals surface area contributed by atoms with Crippen molar-refractivity contribution in [2.45, 2.75) is 18.9 Å². The number of rotatable bonds is 4. The largest absolute Gasteiger partial charge is 0.497 e. The number of hydrogen-bond acceptors (Lipinski definition) is 6. The van der Waals surface area contributed by atoms with E-state index in [2.05, 4.69) is 20.9 Å². The predicted molar refractivity (Wildman–Crippen MR) is 95.6 cm³/mol. The third kappa shape index (κ3) is 3.74. The van der Waals surface area contributed by atoms with Crippen LogP contribution in [0.15, 0.2) is 28.9 Å². The van der Waals surface area contributed by atoms with Gasteiger partial charge in [-0.25, -0.2) is 4.98 Å². The molecule has 2 aromatic rings. The van der Waals surface area contributed by atoms with Crippen LogP contribution in [0.25, 0.3) is 10.9 Å². The number of halogens is 2. The fourth-order valence-corrected chi connectivity index (χ4v) is 3.03. The minimum absolute atomic E-state index is 0. The Balaban J connectivity index is 0.00000208. The van der Waals surface area contributed by atoms with Gasteiger partial charge in [-0.3, -0.25) is 4.79 Å². The van der Waals surface area contributed by atoms with Crippen LogP contribution in [0, 0.1) is 0 Å². The lowest BCUT2D eigenvalue weighted by atomic mass is 10.2. The zero-order valence-electron chi connectivity index (χ0n) is 13.3. The lowest BCUT2D eigenvalue weighted by molar-refractivity contribution is -0.158. The molecule has 2 heterocycles. The Labute approximate surface area is 154 Å². The van der Waals surface area contributed by atoms with E-state index in [4.69, 9.17) is 14.3 Å². The SMILES string of the molecule is COC(=O)C1CCCN1Oc1cc2cc(OC)ccc2nc1Br.Cl. The molecule has 0 spiro atoms. The molecule has 0 N–H and O–H groups in total. The number of benzene rings is 1. The Morgan fingerprint density at radius 3 is 2.83 bits per heavy atom. The molecule has 130 valence electrons. The fourth-order valence-electron chi connectivity index (χ4n) is 2.65. The number of ether oxygens (including phenoxy) is 2. The lowest BCUT2D eigenvalue weighted by Gasteiger charge is -2.22. The molecular weight excluding hydrogens is 400 g/mol. The first kappa shape index (κ1) is 18.8. The number of nitrogens with zero attached hydrogens (tertiary/aromatic N) is 2. The van der Waals surface area contributed by atoms with Gasteiger partial charge < -0.3 is 14.3 Å². The van der Waals surface area contributed by atoms with E-state index in [1.807, 2.05) is 24.3 Å². The predicted octanol–water partition coefficient (Wildman–Crippen LogP) is 3.36.